The van der Waals surface area contributed by atoms with E-state index in [4.69, 9.17) is 0 Å². The second-order valence-corrected chi connectivity index (χ2v) is 6.33. The lowest BCUT2D eigenvalue weighted by atomic mass is 10.2. The van der Waals surface area contributed by atoms with Crippen molar-refractivity contribution in [3.8, 4) is 5.75 Å². The van der Waals surface area contributed by atoms with E-state index in [1.165, 1.54) is 16.8 Å². The molecule has 1 amide bonds. The van der Waals surface area contributed by atoms with Gasteiger partial charge in [-0.1, -0.05) is 6.07 Å². The molecule has 0 fully saturated rings. The van der Waals surface area contributed by atoms with Crippen LogP contribution < -0.4 is 10.1 Å². The number of halogens is 3. The third-order valence-electron chi connectivity index (χ3n) is 3.36. The summed E-state index contributed by atoms with van der Waals surface area (Å²) in [7, 11) is 0. The van der Waals surface area contributed by atoms with Crippen molar-refractivity contribution >= 4 is 27.5 Å². The van der Waals surface area contributed by atoms with Crippen LogP contribution in [0.1, 0.15) is 16.1 Å². The highest BCUT2D eigenvalue weighted by Crippen LogP contribution is 2.27. The van der Waals surface area contributed by atoms with Gasteiger partial charge >= 0.3 is 6.61 Å². The van der Waals surface area contributed by atoms with Crippen LogP contribution in [-0.4, -0.2) is 32.1 Å². The van der Waals surface area contributed by atoms with Gasteiger partial charge in [-0.2, -0.15) is 19.0 Å². The first-order valence-electron chi connectivity index (χ1n) is 7.49. The number of amides is 1. The summed E-state index contributed by atoms with van der Waals surface area (Å²) in [6, 6.07) is 6.07. The Labute approximate surface area is 155 Å². The van der Waals surface area contributed by atoms with E-state index >= 15 is 0 Å². The Hall–Kier alpha value is -2.75. The molecule has 0 saturated heterocycles. The number of aryl methyl sites for hydroxylation is 1. The first-order chi connectivity index (χ1) is 12.4. The zero-order valence-corrected chi connectivity index (χ0v) is 15.2. The molecule has 0 aliphatic rings. The molecule has 1 N–H and O–H groups in total. The minimum absolute atomic E-state index is 0.111. The van der Waals surface area contributed by atoms with Crippen molar-refractivity contribution in [2.24, 2.45) is 0 Å². The van der Waals surface area contributed by atoms with Crippen LogP contribution in [0.2, 0.25) is 0 Å². The molecule has 0 saturated carbocycles. The van der Waals surface area contributed by atoms with Gasteiger partial charge in [0, 0.05) is 12.4 Å². The van der Waals surface area contributed by atoms with Crippen LogP contribution in [0.5, 0.6) is 5.75 Å². The zero-order valence-electron chi connectivity index (χ0n) is 13.6. The normalized spacial score (nSPS) is 11.0. The predicted octanol–water partition coefficient (Wildman–Crippen LogP) is 3.51. The minimum Gasteiger partial charge on any atom is -0.433 e. The van der Waals surface area contributed by atoms with Gasteiger partial charge < -0.3 is 10.1 Å². The lowest BCUT2D eigenvalue weighted by Gasteiger charge is -2.12. The maximum absolute atomic E-state index is 12.5. The SMILES string of the molecule is Cc1ccc(OC(F)F)c(NC(=O)c2ccn(Cn3cc(Br)cn3)n2)c1. The molecule has 2 heterocycles. The van der Waals surface area contributed by atoms with Crippen LogP contribution in [0.3, 0.4) is 0 Å². The van der Waals surface area contributed by atoms with Crippen LogP contribution in [0, 0.1) is 6.92 Å². The second-order valence-electron chi connectivity index (χ2n) is 5.41. The number of alkyl halides is 2. The number of carbonyl (C=O) groups is 1. The van der Waals surface area contributed by atoms with Crippen LogP contribution in [0.4, 0.5) is 14.5 Å². The highest BCUT2D eigenvalue weighted by atomic mass is 79.9. The van der Waals surface area contributed by atoms with Crippen LogP contribution in [0.25, 0.3) is 0 Å². The molecular weight excluding hydrogens is 412 g/mol. The third-order valence-corrected chi connectivity index (χ3v) is 3.77. The van der Waals surface area contributed by atoms with Crippen LogP contribution in [-0.2, 0) is 6.67 Å². The molecule has 7 nitrogen and oxygen atoms in total. The molecule has 0 aliphatic carbocycles. The summed E-state index contributed by atoms with van der Waals surface area (Å²) >= 11 is 3.30. The summed E-state index contributed by atoms with van der Waals surface area (Å²) < 4.78 is 33.4. The number of aromatic nitrogens is 4. The van der Waals surface area contributed by atoms with Gasteiger partial charge in [0.25, 0.3) is 5.91 Å². The highest BCUT2D eigenvalue weighted by molar-refractivity contribution is 9.10. The quantitative estimate of drug-likeness (QED) is 0.655. The minimum atomic E-state index is -2.99. The fourth-order valence-electron chi connectivity index (χ4n) is 2.25. The summed E-state index contributed by atoms with van der Waals surface area (Å²) in [5.74, 6) is -0.644. The van der Waals surface area contributed by atoms with Gasteiger partial charge in [0.05, 0.1) is 16.4 Å². The molecule has 0 aliphatic heterocycles. The fraction of sp³-hybridized carbons (Fsp3) is 0.188. The molecule has 0 atom stereocenters. The van der Waals surface area contributed by atoms with E-state index in [0.29, 0.717) is 6.67 Å². The molecule has 10 heteroatoms. The van der Waals surface area contributed by atoms with E-state index in [2.05, 4.69) is 36.2 Å². The first-order valence-corrected chi connectivity index (χ1v) is 8.28. The molecule has 26 heavy (non-hydrogen) atoms. The number of hydrogen-bond acceptors (Lipinski definition) is 4. The number of nitrogens with zero attached hydrogens (tertiary/aromatic N) is 4. The second kappa shape index (κ2) is 7.65. The van der Waals surface area contributed by atoms with Gasteiger partial charge in [-0.05, 0) is 46.6 Å². The van der Waals surface area contributed by atoms with Crippen molar-refractivity contribution in [1.29, 1.82) is 0 Å². The predicted molar refractivity (Wildman–Crippen MR) is 93.3 cm³/mol. The Kier molecular flexibility index (Phi) is 5.31. The van der Waals surface area contributed by atoms with Crippen molar-refractivity contribution in [2.45, 2.75) is 20.2 Å². The van der Waals surface area contributed by atoms with Gasteiger partial charge in [0.1, 0.15) is 12.4 Å². The Balaban J connectivity index is 1.73. The lowest BCUT2D eigenvalue weighted by molar-refractivity contribution is -0.0493. The number of hydrogen-bond donors (Lipinski definition) is 1. The number of carbonyl (C=O) groups excluding carboxylic acids is 1. The van der Waals surface area contributed by atoms with E-state index < -0.39 is 12.5 Å². The standard InChI is InChI=1S/C16H14BrF2N5O2/c1-10-2-3-14(26-16(18)19)13(6-10)21-15(25)12-4-5-23(22-12)9-24-8-11(17)7-20-24/h2-8,16H,9H2,1H3,(H,21,25). The molecular formula is C16H14BrF2N5O2. The Morgan fingerprint density at radius 3 is 2.85 bits per heavy atom. The number of nitrogens with one attached hydrogen (secondary N) is 1. The average Bonchev–Trinajstić information content (AvgIpc) is 3.19. The molecule has 2 aromatic heterocycles. The molecule has 0 bridgehead atoms. The molecule has 1 aromatic carbocycles. The maximum Gasteiger partial charge on any atom is 0.387 e. The van der Waals surface area contributed by atoms with Gasteiger partial charge in [-0.15, -0.1) is 0 Å². The topological polar surface area (TPSA) is 74.0 Å². The largest absolute Gasteiger partial charge is 0.433 e. The summed E-state index contributed by atoms with van der Waals surface area (Å²) in [6.45, 7) is -0.886. The Bertz CT molecular complexity index is 925. The summed E-state index contributed by atoms with van der Waals surface area (Å²) in [4.78, 5) is 12.4. The van der Waals surface area contributed by atoms with E-state index in [1.807, 2.05) is 0 Å². The van der Waals surface area contributed by atoms with Gasteiger partial charge in [0.2, 0.25) is 0 Å². The van der Waals surface area contributed by atoms with Crippen molar-refractivity contribution in [3.63, 3.8) is 0 Å². The first kappa shape index (κ1) is 18.1. The molecule has 3 rings (SSSR count). The lowest BCUT2D eigenvalue weighted by Crippen LogP contribution is -2.16. The van der Waals surface area contributed by atoms with Gasteiger partial charge in [-0.25, -0.2) is 4.68 Å². The van der Waals surface area contributed by atoms with Crippen molar-refractivity contribution < 1.29 is 18.3 Å². The molecule has 0 radical (unpaired) electrons. The van der Waals surface area contributed by atoms with Crippen molar-refractivity contribution in [2.75, 3.05) is 5.32 Å². The van der Waals surface area contributed by atoms with E-state index in [-0.39, 0.29) is 17.1 Å². The number of ether oxygens (including phenoxy) is 1. The maximum atomic E-state index is 12.5. The molecule has 136 valence electrons. The average molecular weight is 426 g/mol. The fourth-order valence-corrected chi connectivity index (χ4v) is 2.58. The zero-order chi connectivity index (χ0) is 18.7. The van der Waals surface area contributed by atoms with Crippen molar-refractivity contribution in [1.82, 2.24) is 19.6 Å². The van der Waals surface area contributed by atoms with Crippen LogP contribution >= 0.6 is 15.9 Å². The molecule has 0 unspecified atom stereocenters. The molecule has 0 spiro atoms. The van der Waals surface area contributed by atoms with Gasteiger partial charge in [0.15, 0.2) is 5.69 Å². The monoisotopic (exact) mass is 425 g/mol. The Morgan fingerprint density at radius 1 is 1.35 bits per heavy atom. The third kappa shape index (κ3) is 4.45. The summed E-state index contributed by atoms with van der Waals surface area (Å²) in [6.07, 6.45) is 5.03. The highest BCUT2D eigenvalue weighted by Gasteiger charge is 2.15. The number of anilines is 1. The summed E-state index contributed by atoms with van der Waals surface area (Å²) in [5.41, 5.74) is 1.08. The smallest absolute Gasteiger partial charge is 0.387 e. The van der Waals surface area contributed by atoms with Crippen LogP contribution in [0.15, 0.2) is 47.3 Å². The number of benzene rings is 1. The van der Waals surface area contributed by atoms with E-state index in [1.54, 1.807) is 42.3 Å². The Morgan fingerprint density at radius 2 is 2.15 bits per heavy atom. The van der Waals surface area contributed by atoms with Crippen molar-refractivity contribution in [3.05, 3.63) is 58.6 Å². The number of rotatable bonds is 6. The van der Waals surface area contributed by atoms with E-state index in [0.717, 1.165) is 10.0 Å². The van der Waals surface area contributed by atoms with Gasteiger partial charge in [-0.3, -0.25) is 9.48 Å². The molecule has 3 aromatic rings. The van der Waals surface area contributed by atoms with E-state index in [9.17, 15) is 13.6 Å². The summed E-state index contributed by atoms with van der Waals surface area (Å²) in [5, 5.41) is 10.8.